The van der Waals surface area contributed by atoms with Gasteiger partial charge in [-0.1, -0.05) is 12.1 Å². The minimum Gasteiger partial charge on any atom is -0.422 e. The fraction of sp³-hybridized carbons (Fsp3) is 0.0556. The van der Waals surface area contributed by atoms with Crippen molar-refractivity contribution in [2.75, 3.05) is 10.6 Å². The number of fused-ring (bicyclic) bond motifs is 1. The zero-order chi connectivity index (χ0) is 18.8. The summed E-state index contributed by atoms with van der Waals surface area (Å²) in [6.07, 6.45) is 0. The van der Waals surface area contributed by atoms with Gasteiger partial charge in [-0.2, -0.15) is 0 Å². The molecule has 0 saturated heterocycles. The second-order valence-electron chi connectivity index (χ2n) is 5.66. The molecule has 8 nitrogen and oxygen atoms in total. The number of primary amides is 2. The molecule has 8 heteroatoms. The first kappa shape index (κ1) is 17.0. The Kier molecular flexibility index (Phi) is 4.32. The van der Waals surface area contributed by atoms with E-state index in [4.69, 9.17) is 15.9 Å². The number of hydrogen-bond acceptors (Lipinski definition) is 4. The Morgan fingerprint density at radius 2 is 1.50 bits per heavy atom. The number of nitrogens with one attached hydrogen (secondary N) is 2. The highest BCUT2D eigenvalue weighted by Gasteiger charge is 2.14. The van der Waals surface area contributed by atoms with E-state index in [1.807, 2.05) is 6.92 Å². The highest BCUT2D eigenvalue weighted by Crippen LogP contribution is 2.29. The van der Waals surface area contributed by atoms with Crippen LogP contribution in [0.15, 0.2) is 51.7 Å². The first-order valence-electron chi connectivity index (χ1n) is 7.66. The molecule has 132 valence electrons. The van der Waals surface area contributed by atoms with Crippen molar-refractivity contribution < 1.29 is 14.0 Å². The Balaban J connectivity index is 2.08. The SMILES string of the molecule is Cc1c(-c2ccc(NC(N)=O)cc2)c(=O)oc2cc(NC(N)=O)ccc12. The molecule has 1 aromatic heterocycles. The van der Waals surface area contributed by atoms with Crippen LogP contribution >= 0.6 is 0 Å². The number of aryl methyl sites for hydroxylation is 1. The Morgan fingerprint density at radius 1 is 0.923 bits per heavy atom. The van der Waals surface area contributed by atoms with Crippen molar-refractivity contribution in [3.63, 3.8) is 0 Å². The molecule has 3 aromatic rings. The van der Waals surface area contributed by atoms with Gasteiger partial charge in [-0.25, -0.2) is 14.4 Å². The van der Waals surface area contributed by atoms with E-state index in [1.54, 1.807) is 36.4 Å². The number of urea groups is 2. The maximum atomic E-state index is 12.5. The molecule has 0 saturated carbocycles. The van der Waals surface area contributed by atoms with Gasteiger partial charge < -0.3 is 26.5 Å². The summed E-state index contributed by atoms with van der Waals surface area (Å²) in [4.78, 5) is 34.3. The molecule has 6 N–H and O–H groups in total. The molecule has 4 amide bonds. The lowest BCUT2D eigenvalue weighted by molar-refractivity contribution is 0.258. The number of hydrogen-bond donors (Lipinski definition) is 4. The standard InChI is InChI=1S/C18H16N4O4/c1-9-13-7-6-12(22-18(20)25)8-14(13)26-16(23)15(9)10-2-4-11(5-3-10)21-17(19)24/h2-8H,1H3,(H3,19,21,24)(H3,20,22,25). The maximum absolute atomic E-state index is 12.5. The molecule has 0 fully saturated rings. The molecule has 3 rings (SSSR count). The Bertz CT molecular complexity index is 1070. The third-order valence-corrected chi connectivity index (χ3v) is 3.88. The lowest BCUT2D eigenvalue weighted by atomic mass is 9.99. The number of carbonyl (C=O) groups is 2. The summed E-state index contributed by atoms with van der Waals surface area (Å²) in [7, 11) is 0. The van der Waals surface area contributed by atoms with Crippen molar-refractivity contribution in [2.24, 2.45) is 11.5 Å². The van der Waals surface area contributed by atoms with Crippen molar-refractivity contribution in [2.45, 2.75) is 6.92 Å². The van der Waals surface area contributed by atoms with Crippen LogP contribution in [0.1, 0.15) is 5.56 Å². The van der Waals surface area contributed by atoms with Gasteiger partial charge in [-0.05, 0) is 42.3 Å². The van der Waals surface area contributed by atoms with Gasteiger partial charge in [0.05, 0.1) is 5.56 Å². The minimum absolute atomic E-state index is 0.342. The van der Waals surface area contributed by atoms with Gasteiger partial charge in [-0.15, -0.1) is 0 Å². The van der Waals surface area contributed by atoms with Crippen molar-refractivity contribution in [3.8, 4) is 11.1 Å². The largest absolute Gasteiger partial charge is 0.422 e. The molecule has 0 aliphatic carbocycles. The second kappa shape index (κ2) is 6.60. The zero-order valence-corrected chi connectivity index (χ0v) is 13.8. The fourth-order valence-corrected chi connectivity index (χ4v) is 2.77. The van der Waals surface area contributed by atoms with E-state index >= 15 is 0 Å². The molecule has 0 spiro atoms. The smallest absolute Gasteiger partial charge is 0.344 e. The van der Waals surface area contributed by atoms with Gasteiger partial charge in [0.25, 0.3) is 0 Å². The highest BCUT2D eigenvalue weighted by molar-refractivity contribution is 5.93. The van der Waals surface area contributed by atoms with Crippen LogP contribution in [0, 0.1) is 6.92 Å². The average Bonchev–Trinajstić information content (AvgIpc) is 2.55. The van der Waals surface area contributed by atoms with Gasteiger partial charge in [0, 0.05) is 22.8 Å². The predicted molar refractivity (Wildman–Crippen MR) is 99.1 cm³/mol. The Hall–Kier alpha value is -3.81. The summed E-state index contributed by atoms with van der Waals surface area (Å²) in [5, 5.41) is 5.62. The van der Waals surface area contributed by atoms with Crippen LogP contribution in [0.4, 0.5) is 21.0 Å². The van der Waals surface area contributed by atoms with Gasteiger partial charge >= 0.3 is 17.7 Å². The van der Waals surface area contributed by atoms with Gasteiger partial charge in [0.1, 0.15) is 5.58 Å². The monoisotopic (exact) mass is 352 g/mol. The van der Waals surface area contributed by atoms with Crippen LogP contribution in [0.2, 0.25) is 0 Å². The molecular formula is C18H16N4O4. The van der Waals surface area contributed by atoms with E-state index < -0.39 is 17.7 Å². The first-order chi connectivity index (χ1) is 12.3. The van der Waals surface area contributed by atoms with Gasteiger partial charge in [0.2, 0.25) is 0 Å². The molecule has 0 aliphatic rings. The number of nitrogens with two attached hydrogens (primary N) is 2. The summed E-state index contributed by atoms with van der Waals surface area (Å²) in [5.41, 5.74) is 12.7. The summed E-state index contributed by atoms with van der Waals surface area (Å²) in [6.45, 7) is 1.81. The van der Waals surface area contributed by atoms with Gasteiger partial charge in [0.15, 0.2) is 0 Å². The third-order valence-electron chi connectivity index (χ3n) is 3.88. The molecule has 26 heavy (non-hydrogen) atoms. The number of anilines is 2. The van der Waals surface area contributed by atoms with Crippen LogP contribution < -0.4 is 27.7 Å². The van der Waals surface area contributed by atoms with Crippen molar-refractivity contribution in [3.05, 3.63) is 58.4 Å². The summed E-state index contributed by atoms with van der Waals surface area (Å²) in [5.74, 6) is 0. The van der Waals surface area contributed by atoms with Crippen LogP contribution in [-0.2, 0) is 0 Å². The maximum Gasteiger partial charge on any atom is 0.344 e. The first-order valence-corrected chi connectivity index (χ1v) is 7.66. The molecule has 0 radical (unpaired) electrons. The van der Waals surface area contributed by atoms with E-state index in [9.17, 15) is 14.4 Å². The number of benzene rings is 2. The lowest BCUT2D eigenvalue weighted by Gasteiger charge is -2.10. The van der Waals surface area contributed by atoms with Crippen LogP contribution in [0.5, 0.6) is 0 Å². The van der Waals surface area contributed by atoms with Crippen molar-refractivity contribution >= 4 is 34.4 Å². The topological polar surface area (TPSA) is 140 Å². The average molecular weight is 352 g/mol. The van der Waals surface area contributed by atoms with E-state index in [1.165, 1.54) is 6.07 Å². The highest BCUT2D eigenvalue weighted by atomic mass is 16.4. The quantitative estimate of drug-likeness (QED) is 0.538. The third kappa shape index (κ3) is 3.34. The molecule has 2 aromatic carbocycles. The summed E-state index contributed by atoms with van der Waals surface area (Å²) in [6, 6.07) is 10.3. The zero-order valence-electron chi connectivity index (χ0n) is 13.8. The van der Waals surface area contributed by atoms with Crippen molar-refractivity contribution in [1.82, 2.24) is 0 Å². The van der Waals surface area contributed by atoms with E-state index in [2.05, 4.69) is 10.6 Å². The van der Waals surface area contributed by atoms with E-state index in [-0.39, 0.29) is 0 Å². The molecule has 1 heterocycles. The summed E-state index contributed by atoms with van der Waals surface area (Å²) < 4.78 is 5.41. The number of rotatable bonds is 3. The van der Waals surface area contributed by atoms with Crippen LogP contribution in [0.25, 0.3) is 22.1 Å². The fourth-order valence-electron chi connectivity index (χ4n) is 2.77. The van der Waals surface area contributed by atoms with Gasteiger partial charge in [-0.3, -0.25) is 0 Å². The molecule has 0 unspecified atom stereocenters. The Labute approximate surface area is 147 Å². The molecule has 0 atom stereocenters. The Morgan fingerprint density at radius 3 is 2.12 bits per heavy atom. The lowest BCUT2D eigenvalue weighted by Crippen LogP contribution is -2.19. The van der Waals surface area contributed by atoms with E-state index in [0.717, 1.165) is 10.9 Å². The number of carbonyl (C=O) groups excluding carboxylic acids is 2. The van der Waals surface area contributed by atoms with Crippen molar-refractivity contribution in [1.29, 1.82) is 0 Å². The number of amides is 4. The predicted octanol–water partition coefficient (Wildman–Crippen LogP) is 2.75. The second-order valence-corrected chi connectivity index (χ2v) is 5.66. The molecular weight excluding hydrogens is 336 g/mol. The molecule has 0 aliphatic heterocycles. The van der Waals surface area contributed by atoms with Crippen LogP contribution in [-0.4, -0.2) is 12.1 Å². The minimum atomic E-state index is -0.704. The van der Waals surface area contributed by atoms with E-state index in [0.29, 0.717) is 28.1 Å². The van der Waals surface area contributed by atoms with Crippen LogP contribution in [0.3, 0.4) is 0 Å². The normalized spacial score (nSPS) is 10.5. The summed E-state index contributed by atoms with van der Waals surface area (Å²) >= 11 is 0. The molecule has 0 bridgehead atoms.